The van der Waals surface area contributed by atoms with Crippen LogP contribution >= 0.6 is 12.6 Å². The summed E-state index contributed by atoms with van der Waals surface area (Å²) in [5.41, 5.74) is 1.36. The maximum Gasteiger partial charge on any atom is 0.0543 e. The lowest BCUT2D eigenvalue weighted by Crippen LogP contribution is -2.21. The van der Waals surface area contributed by atoms with Gasteiger partial charge in [-0.3, -0.25) is 4.68 Å². The summed E-state index contributed by atoms with van der Waals surface area (Å²) in [7, 11) is 0. The Morgan fingerprint density at radius 2 is 2.17 bits per heavy atom. The van der Waals surface area contributed by atoms with Crippen LogP contribution < -0.4 is 0 Å². The quantitative estimate of drug-likeness (QED) is 0.697. The number of nitrogens with zero attached hydrogens (tertiary/aromatic N) is 2. The summed E-state index contributed by atoms with van der Waals surface area (Å²) in [5.74, 6) is 0.885. The summed E-state index contributed by atoms with van der Waals surface area (Å²) in [4.78, 5) is 0. The SMILES string of the molecule is CC(C)(C)n1cc(CCS)cn1. The number of rotatable bonds is 2. The van der Waals surface area contributed by atoms with Gasteiger partial charge in [-0.2, -0.15) is 17.7 Å². The molecule has 0 bridgehead atoms. The lowest BCUT2D eigenvalue weighted by Gasteiger charge is -2.18. The van der Waals surface area contributed by atoms with E-state index in [4.69, 9.17) is 0 Å². The van der Waals surface area contributed by atoms with Crippen LogP contribution in [0.15, 0.2) is 12.4 Å². The molecule has 0 spiro atoms. The molecule has 12 heavy (non-hydrogen) atoms. The third-order valence-corrected chi connectivity index (χ3v) is 1.95. The molecule has 68 valence electrons. The number of hydrogen-bond donors (Lipinski definition) is 1. The van der Waals surface area contributed by atoms with Gasteiger partial charge in [0.25, 0.3) is 0 Å². The number of thiol groups is 1. The second-order valence-electron chi connectivity index (χ2n) is 3.94. The Labute approximate surface area is 79.4 Å². The van der Waals surface area contributed by atoms with Crippen molar-refractivity contribution in [2.24, 2.45) is 0 Å². The number of aryl methyl sites for hydroxylation is 1. The van der Waals surface area contributed by atoms with Crippen molar-refractivity contribution in [2.45, 2.75) is 32.7 Å². The topological polar surface area (TPSA) is 17.8 Å². The van der Waals surface area contributed by atoms with Gasteiger partial charge < -0.3 is 0 Å². The molecule has 0 radical (unpaired) electrons. The van der Waals surface area contributed by atoms with Gasteiger partial charge in [0, 0.05) is 6.20 Å². The van der Waals surface area contributed by atoms with Crippen LogP contribution in [0.2, 0.25) is 0 Å². The minimum absolute atomic E-state index is 0.0921. The van der Waals surface area contributed by atoms with Crippen molar-refractivity contribution in [1.29, 1.82) is 0 Å². The molecule has 0 unspecified atom stereocenters. The van der Waals surface area contributed by atoms with Gasteiger partial charge >= 0.3 is 0 Å². The van der Waals surface area contributed by atoms with Crippen LogP contribution in [0.5, 0.6) is 0 Å². The molecule has 1 aromatic heterocycles. The van der Waals surface area contributed by atoms with Crippen molar-refractivity contribution in [3.63, 3.8) is 0 Å². The molecule has 0 aromatic carbocycles. The van der Waals surface area contributed by atoms with Crippen LogP contribution in [0.25, 0.3) is 0 Å². The zero-order valence-electron chi connectivity index (χ0n) is 7.91. The molecule has 0 amide bonds. The average Bonchev–Trinajstić information content (AvgIpc) is 2.35. The van der Waals surface area contributed by atoms with E-state index in [9.17, 15) is 0 Å². The smallest absolute Gasteiger partial charge is 0.0543 e. The molecule has 0 fully saturated rings. The second kappa shape index (κ2) is 3.52. The van der Waals surface area contributed by atoms with Crippen molar-refractivity contribution in [1.82, 2.24) is 9.78 Å². The lowest BCUT2D eigenvalue weighted by atomic mass is 10.1. The first-order valence-electron chi connectivity index (χ1n) is 4.19. The van der Waals surface area contributed by atoms with Crippen LogP contribution in [-0.2, 0) is 12.0 Å². The first-order chi connectivity index (χ1) is 5.54. The normalized spacial score (nSPS) is 12.0. The maximum absolute atomic E-state index is 4.29. The maximum atomic E-state index is 4.29. The standard InChI is InChI=1S/C9H16N2S/c1-9(2,3)11-7-8(4-5-12)6-10-11/h6-7,12H,4-5H2,1-3H3. The molecular formula is C9H16N2S. The fraction of sp³-hybridized carbons (Fsp3) is 0.667. The van der Waals surface area contributed by atoms with Crippen molar-refractivity contribution in [3.05, 3.63) is 18.0 Å². The summed E-state index contributed by atoms with van der Waals surface area (Å²) >= 11 is 4.18. The molecule has 0 saturated carbocycles. The summed E-state index contributed by atoms with van der Waals surface area (Å²) in [6.07, 6.45) is 5.01. The number of aromatic nitrogens is 2. The van der Waals surface area contributed by atoms with Gasteiger partial charge in [0.2, 0.25) is 0 Å². The summed E-state index contributed by atoms with van der Waals surface area (Å²) < 4.78 is 1.99. The van der Waals surface area contributed by atoms with E-state index in [1.165, 1.54) is 5.56 Å². The monoisotopic (exact) mass is 184 g/mol. The first kappa shape index (κ1) is 9.65. The minimum Gasteiger partial charge on any atom is -0.267 e. The van der Waals surface area contributed by atoms with Crippen molar-refractivity contribution < 1.29 is 0 Å². The molecule has 2 nitrogen and oxygen atoms in total. The van der Waals surface area contributed by atoms with Gasteiger partial charge in [0.15, 0.2) is 0 Å². The van der Waals surface area contributed by atoms with Crippen molar-refractivity contribution in [3.8, 4) is 0 Å². The highest BCUT2D eigenvalue weighted by atomic mass is 32.1. The van der Waals surface area contributed by atoms with Gasteiger partial charge in [0.1, 0.15) is 0 Å². The molecule has 0 saturated heterocycles. The van der Waals surface area contributed by atoms with E-state index in [0.717, 1.165) is 12.2 Å². The van der Waals surface area contributed by atoms with E-state index in [1.807, 2.05) is 10.9 Å². The van der Waals surface area contributed by atoms with E-state index < -0.39 is 0 Å². The molecule has 1 heterocycles. The molecule has 0 aliphatic rings. The first-order valence-corrected chi connectivity index (χ1v) is 4.82. The molecule has 0 N–H and O–H groups in total. The fourth-order valence-corrected chi connectivity index (χ4v) is 1.24. The lowest BCUT2D eigenvalue weighted by molar-refractivity contribution is 0.355. The predicted molar refractivity (Wildman–Crippen MR) is 54.8 cm³/mol. The van der Waals surface area contributed by atoms with E-state index in [2.05, 4.69) is 44.7 Å². The van der Waals surface area contributed by atoms with Gasteiger partial charge in [-0.15, -0.1) is 0 Å². The summed E-state index contributed by atoms with van der Waals surface area (Å²) in [5, 5.41) is 4.29. The van der Waals surface area contributed by atoms with Crippen LogP contribution in [0, 0.1) is 0 Å². The van der Waals surface area contributed by atoms with Crippen LogP contribution in [-0.4, -0.2) is 15.5 Å². The van der Waals surface area contributed by atoms with Crippen LogP contribution in [0.1, 0.15) is 26.3 Å². The zero-order chi connectivity index (χ0) is 9.19. The second-order valence-corrected chi connectivity index (χ2v) is 4.38. The zero-order valence-corrected chi connectivity index (χ0v) is 8.80. The Hall–Kier alpha value is -0.440. The molecule has 1 rings (SSSR count). The van der Waals surface area contributed by atoms with Crippen LogP contribution in [0.3, 0.4) is 0 Å². The predicted octanol–water partition coefficient (Wildman–Crippen LogP) is 2.11. The highest BCUT2D eigenvalue weighted by Gasteiger charge is 2.13. The molecule has 1 aromatic rings. The van der Waals surface area contributed by atoms with Gasteiger partial charge in [-0.1, -0.05) is 0 Å². The number of hydrogen-bond acceptors (Lipinski definition) is 2. The molecular weight excluding hydrogens is 168 g/mol. The Kier molecular flexibility index (Phi) is 2.83. The Morgan fingerprint density at radius 1 is 1.50 bits per heavy atom. The van der Waals surface area contributed by atoms with E-state index in [1.54, 1.807) is 0 Å². The third kappa shape index (κ3) is 2.27. The Bertz CT molecular complexity index is 247. The van der Waals surface area contributed by atoms with E-state index in [0.29, 0.717) is 0 Å². The van der Waals surface area contributed by atoms with Crippen LogP contribution in [0.4, 0.5) is 0 Å². The van der Waals surface area contributed by atoms with E-state index >= 15 is 0 Å². The third-order valence-electron chi connectivity index (χ3n) is 1.72. The molecule has 0 aliphatic carbocycles. The highest BCUT2D eigenvalue weighted by Crippen LogP contribution is 2.13. The molecule has 3 heteroatoms. The van der Waals surface area contributed by atoms with E-state index in [-0.39, 0.29) is 5.54 Å². The minimum atomic E-state index is 0.0921. The van der Waals surface area contributed by atoms with Crippen molar-refractivity contribution >= 4 is 12.6 Å². The largest absolute Gasteiger partial charge is 0.267 e. The van der Waals surface area contributed by atoms with Gasteiger partial charge in [0.05, 0.1) is 11.7 Å². The Morgan fingerprint density at radius 3 is 2.58 bits per heavy atom. The summed E-state index contributed by atoms with van der Waals surface area (Å²) in [6, 6.07) is 0. The van der Waals surface area contributed by atoms with Crippen molar-refractivity contribution in [2.75, 3.05) is 5.75 Å². The Balaban J connectivity index is 2.77. The fourth-order valence-electron chi connectivity index (χ4n) is 0.985. The molecule has 0 atom stereocenters. The van der Waals surface area contributed by atoms with Gasteiger partial charge in [-0.05, 0) is 38.5 Å². The highest BCUT2D eigenvalue weighted by molar-refractivity contribution is 7.80. The average molecular weight is 184 g/mol. The molecule has 0 aliphatic heterocycles. The summed E-state index contributed by atoms with van der Waals surface area (Å²) in [6.45, 7) is 6.43. The van der Waals surface area contributed by atoms with Gasteiger partial charge in [-0.25, -0.2) is 0 Å².